The lowest BCUT2D eigenvalue weighted by Gasteiger charge is -2.10. The zero-order chi connectivity index (χ0) is 11.4. The fraction of sp³-hybridized carbons (Fsp3) is 0.273. The maximum absolute atomic E-state index is 6.07. The molecule has 1 atom stereocenters. The van der Waals surface area contributed by atoms with E-state index >= 15 is 0 Å². The van der Waals surface area contributed by atoms with Gasteiger partial charge in [0.1, 0.15) is 5.75 Å². The average Bonchev–Trinajstić information content (AvgIpc) is 2.82. The molecule has 2 N–H and O–H groups in total. The summed E-state index contributed by atoms with van der Waals surface area (Å²) in [4.78, 5) is 0. The SMILES string of the molecule is CCOc1cccc(C(N)c2cnsn2)c1. The van der Waals surface area contributed by atoms with Crippen molar-refractivity contribution in [1.82, 2.24) is 8.75 Å². The number of benzene rings is 1. The van der Waals surface area contributed by atoms with Crippen molar-refractivity contribution in [2.45, 2.75) is 13.0 Å². The Morgan fingerprint density at radius 2 is 2.38 bits per heavy atom. The minimum absolute atomic E-state index is 0.237. The fourth-order valence-electron chi connectivity index (χ4n) is 1.44. The predicted molar refractivity (Wildman–Crippen MR) is 63.6 cm³/mol. The van der Waals surface area contributed by atoms with Crippen LogP contribution in [0, 0.1) is 0 Å². The summed E-state index contributed by atoms with van der Waals surface area (Å²) < 4.78 is 13.5. The average molecular weight is 235 g/mol. The fourth-order valence-corrected chi connectivity index (χ4v) is 1.90. The van der Waals surface area contributed by atoms with Crippen LogP contribution in [0.5, 0.6) is 5.75 Å². The minimum Gasteiger partial charge on any atom is -0.494 e. The number of nitrogens with two attached hydrogens (primary N) is 1. The standard InChI is InChI=1S/C11H13N3OS/c1-2-15-9-5-3-4-8(6-9)11(12)10-7-13-16-14-10/h3-7,11H,2,12H2,1H3. The van der Waals surface area contributed by atoms with E-state index in [-0.39, 0.29) is 6.04 Å². The molecule has 4 nitrogen and oxygen atoms in total. The van der Waals surface area contributed by atoms with Gasteiger partial charge in [0.25, 0.3) is 0 Å². The summed E-state index contributed by atoms with van der Waals surface area (Å²) in [7, 11) is 0. The van der Waals surface area contributed by atoms with E-state index in [1.54, 1.807) is 6.20 Å². The van der Waals surface area contributed by atoms with E-state index in [4.69, 9.17) is 10.5 Å². The molecule has 0 spiro atoms. The van der Waals surface area contributed by atoms with Crippen LogP contribution in [-0.2, 0) is 0 Å². The van der Waals surface area contributed by atoms with Crippen molar-refractivity contribution in [3.8, 4) is 5.75 Å². The molecule has 0 aliphatic carbocycles. The first-order valence-corrected chi connectivity index (χ1v) is 5.80. The van der Waals surface area contributed by atoms with Crippen molar-refractivity contribution >= 4 is 11.7 Å². The van der Waals surface area contributed by atoms with Crippen LogP contribution in [0.1, 0.15) is 24.2 Å². The van der Waals surface area contributed by atoms with Crippen LogP contribution in [-0.4, -0.2) is 15.4 Å². The lowest BCUT2D eigenvalue weighted by molar-refractivity contribution is 0.340. The maximum atomic E-state index is 6.07. The number of nitrogens with zero attached hydrogens (tertiary/aromatic N) is 2. The molecular formula is C11H13N3OS. The van der Waals surface area contributed by atoms with Crippen LogP contribution in [0.15, 0.2) is 30.5 Å². The molecule has 2 rings (SSSR count). The first-order valence-electron chi connectivity index (χ1n) is 5.07. The summed E-state index contributed by atoms with van der Waals surface area (Å²) in [6.45, 7) is 2.61. The van der Waals surface area contributed by atoms with Crippen LogP contribution in [0.2, 0.25) is 0 Å². The molecule has 0 aliphatic rings. The predicted octanol–water partition coefficient (Wildman–Crippen LogP) is 1.98. The summed E-state index contributed by atoms with van der Waals surface area (Å²) in [5.74, 6) is 0.832. The normalized spacial score (nSPS) is 12.4. The Balaban J connectivity index is 2.23. The van der Waals surface area contributed by atoms with Gasteiger partial charge in [-0.3, -0.25) is 0 Å². The molecule has 1 aromatic carbocycles. The van der Waals surface area contributed by atoms with E-state index in [0.717, 1.165) is 17.0 Å². The second kappa shape index (κ2) is 5.05. The largest absolute Gasteiger partial charge is 0.494 e. The Morgan fingerprint density at radius 3 is 3.06 bits per heavy atom. The summed E-state index contributed by atoms with van der Waals surface area (Å²) in [5, 5.41) is 0. The van der Waals surface area contributed by atoms with E-state index in [1.165, 1.54) is 11.7 Å². The molecule has 5 heteroatoms. The molecule has 0 saturated carbocycles. The lowest BCUT2D eigenvalue weighted by atomic mass is 10.1. The van der Waals surface area contributed by atoms with Gasteiger partial charge in [0.05, 0.1) is 36.3 Å². The van der Waals surface area contributed by atoms with Gasteiger partial charge in [0.2, 0.25) is 0 Å². The summed E-state index contributed by atoms with van der Waals surface area (Å²) in [5.41, 5.74) is 7.85. The summed E-state index contributed by atoms with van der Waals surface area (Å²) in [6, 6.07) is 7.51. The van der Waals surface area contributed by atoms with Crippen LogP contribution in [0.25, 0.3) is 0 Å². The van der Waals surface area contributed by atoms with Gasteiger partial charge < -0.3 is 10.5 Å². The highest BCUT2D eigenvalue weighted by Gasteiger charge is 2.12. The second-order valence-corrected chi connectivity index (χ2v) is 3.87. The van der Waals surface area contributed by atoms with Gasteiger partial charge in [-0.15, -0.1) is 0 Å². The Labute approximate surface area is 98.4 Å². The third-order valence-electron chi connectivity index (χ3n) is 2.23. The quantitative estimate of drug-likeness (QED) is 0.880. The smallest absolute Gasteiger partial charge is 0.119 e. The highest BCUT2D eigenvalue weighted by atomic mass is 32.1. The van der Waals surface area contributed by atoms with Crippen molar-refractivity contribution in [3.05, 3.63) is 41.7 Å². The molecule has 0 aliphatic heterocycles. The number of aromatic nitrogens is 2. The van der Waals surface area contributed by atoms with Crippen molar-refractivity contribution in [2.24, 2.45) is 5.73 Å². The van der Waals surface area contributed by atoms with E-state index in [2.05, 4.69) is 8.75 Å². The Kier molecular flexibility index (Phi) is 3.48. The maximum Gasteiger partial charge on any atom is 0.119 e. The number of ether oxygens (including phenoxy) is 1. The van der Waals surface area contributed by atoms with E-state index in [9.17, 15) is 0 Å². The topological polar surface area (TPSA) is 61.0 Å². The highest BCUT2D eigenvalue weighted by molar-refractivity contribution is 6.99. The molecule has 2 aromatic rings. The molecule has 84 valence electrons. The van der Waals surface area contributed by atoms with Gasteiger partial charge >= 0.3 is 0 Å². The summed E-state index contributed by atoms with van der Waals surface area (Å²) >= 11 is 1.17. The number of hydrogen-bond acceptors (Lipinski definition) is 5. The minimum atomic E-state index is -0.237. The van der Waals surface area contributed by atoms with Crippen molar-refractivity contribution in [3.63, 3.8) is 0 Å². The van der Waals surface area contributed by atoms with Crippen molar-refractivity contribution in [2.75, 3.05) is 6.61 Å². The number of hydrogen-bond donors (Lipinski definition) is 1. The highest BCUT2D eigenvalue weighted by Crippen LogP contribution is 2.22. The first kappa shape index (κ1) is 11.0. The Hall–Kier alpha value is -1.46. The van der Waals surface area contributed by atoms with Crippen LogP contribution in [0.3, 0.4) is 0 Å². The molecule has 1 heterocycles. The third kappa shape index (κ3) is 2.37. The molecule has 0 amide bonds. The third-order valence-corrected chi connectivity index (χ3v) is 2.72. The van der Waals surface area contributed by atoms with Gasteiger partial charge in [-0.05, 0) is 24.6 Å². The van der Waals surface area contributed by atoms with Crippen LogP contribution >= 0.6 is 11.7 Å². The van der Waals surface area contributed by atoms with Crippen LogP contribution in [0.4, 0.5) is 0 Å². The molecule has 0 radical (unpaired) electrons. The molecule has 0 bridgehead atoms. The van der Waals surface area contributed by atoms with E-state index in [0.29, 0.717) is 6.61 Å². The Morgan fingerprint density at radius 1 is 1.50 bits per heavy atom. The monoisotopic (exact) mass is 235 g/mol. The molecule has 0 saturated heterocycles. The van der Waals surface area contributed by atoms with Gasteiger partial charge in [-0.2, -0.15) is 8.75 Å². The Bertz CT molecular complexity index is 444. The molecule has 1 unspecified atom stereocenters. The van der Waals surface area contributed by atoms with Gasteiger partial charge in [-0.25, -0.2) is 0 Å². The van der Waals surface area contributed by atoms with Gasteiger partial charge in [0.15, 0.2) is 0 Å². The molecule has 16 heavy (non-hydrogen) atoms. The zero-order valence-electron chi connectivity index (χ0n) is 8.96. The summed E-state index contributed by atoms with van der Waals surface area (Å²) in [6.07, 6.45) is 1.70. The van der Waals surface area contributed by atoms with Gasteiger partial charge in [-0.1, -0.05) is 12.1 Å². The van der Waals surface area contributed by atoms with Crippen molar-refractivity contribution < 1.29 is 4.74 Å². The first-order chi connectivity index (χ1) is 7.81. The van der Waals surface area contributed by atoms with Gasteiger partial charge in [0, 0.05) is 0 Å². The molecular weight excluding hydrogens is 222 g/mol. The van der Waals surface area contributed by atoms with E-state index in [1.807, 2.05) is 31.2 Å². The lowest BCUT2D eigenvalue weighted by Crippen LogP contribution is -2.12. The van der Waals surface area contributed by atoms with Crippen molar-refractivity contribution in [1.29, 1.82) is 0 Å². The second-order valence-electron chi connectivity index (χ2n) is 3.32. The number of rotatable bonds is 4. The van der Waals surface area contributed by atoms with E-state index < -0.39 is 0 Å². The van der Waals surface area contributed by atoms with Crippen LogP contribution < -0.4 is 10.5 Å². The molecule has 0 fully saturated rings. The zero-order valence-corrected chi connectivity index (χ0v) is 9.78. The molecule has 1 aromatic heterocycles.